The minimum atomic E-state index is 0.729. The average molecular weight is 201 g/mol. The maximum absolute atomic E-state index is 5.30. The second-order valence-electron chi connectivity index (χ2n) is 3.71. The summed E-state index contributed by atoms with van der Waals surface area (Å²) in [7, 11) is 0. The molecule has 0 amide bonds. The lowest BCUT2D eigenvalue weighted by atomic mass is 10.1. The van der Waals surface area contributed by atoms with Crippen molar-refractivity contribution in [2.75, 3.05) is 19.8 Å². The van der Waals surface area contributed by atoms with Gasteiger partial charge in [-0.15, -0.1) is 0 Å². The summed E-state index contributed by atoms with van der Waals surface area (Å²) in [6.45, 7) is 9.38. The Morgan fingerprint density at radius 2 is 1.86 bits per heavy atom. The molecule has 0 aliphatic heterocycles. The highest BCUT2D eigenvalue weighted by Crippen LogP contribution is 2.06. The first-order valence-electron chi connectivity index (χ1n) is 6.16. The molecule has 0 heterocycles. The van der Waals surface area contributed by atoms with Crippen LogP contribution in [0.4, 0.5) is 0 Å². The molecule has 0 aliphatic rings. The van der Waals surface area contributed by atoms with Crippen molar-refractivity contribution < 1.29 is 4.74 Å². The van der Waals surface area contributed by atoms with Gasteiger partial charge in [-0.2, -0.15) is 0 Å². The number of unbranched alkanes of at least 4 members (excludes halogenated alkanes) is 2. The van der Waals surface area contributed by atoms with Crippen molar-refractivity contribution in [3.63, 3.8) is 0 Å². The predicted octanol–water partition coefficient (Wildman–Crippen LogP) is 2.97. The SMILES string of the molecule is CCNC(CC)CCCCCOCC. The average Bonchev–Trinajstić information content (AvgIpc) is 2.21. The van der Waals surface area contributed by atoms with Crippen LogP contribution < -0.4 is 5.32 Å². The Bertz CT molecular complexity index is 106. The van der Waals surface area contributed by atoms with Crippen molar-refractivity contribution in [2.24, 2.45) is 0 Å². The fraction of sp³-hybridized carbons (Fsp3) is 1.00. The Morgan fingerprint density at radius 1 is 1.07 bits per heavy atom. The molecule has 0 aromatic heterocycles. The highest BCUT2D eigenvalue weighted by Gasteiger charge is 2.02. The molecule has 0 aromatic rings. The zero-order valence-corrected chi connectivity index (χ0v) is 10.1. The molecule has 86 valence electrons. The Kier molecular flexibility index (Phi) is 10.9. The Hall–Kier alpha value is -0.0800. The summed E-state index contributed by atoms with van der Waals surface area (Å²) < 4.78 is 5.30. The van der Waals surface area contributed by atoms with Crippen molar-refractivity contribution in [3.8, 4) is 0 Å². The molecule has 1 atom stereocenters. The first kappa shape index (κ1) is 13.9. The van der Waals surface area contributed by atoms with Crippen molar-refractivity contribution in [2.45, 2.75) is 58.9 Å². The molecule has 0 radical (unpaired) electrons. The van der Waals surface area contributed by atoms with Crippen LogP contribution in [0.1, 0.15) is 52.9 Å². The molecule has 14 heavy (non-hydrogen) atoms. The van der Waals surface area contributed by atoms with Gasteiger partial charge < -0.3 is 10.1 Å². The topological polar surface area (TPSA) is 21.3 Å². The summed E-state index contributed by atoms with van der Waals surface area (Å²) in [5, 5.41) is 3.50. The zero-order valence-electron chi connectivity index (χ0n) is 10.1. The monoisotopic (exact) mass is 201 g/mol. The van der Waals surface area contributed by atoms with Gasteiger partial charge in [0.15, 0.2) is 0 Å². The van der Waals surface area contributed by atoms with Crippen LogP contribution in [-0.4, -0.2) is 25.8 Å². The van der Waals surface area contributed by atoms with E-state index in [0.29, 0.717) is 0 Å². The number of hydrogen-bond acceptors (Lipinski definition) is 2. The molecular formula is C12H27NO. The minimum absolute atomic E-state index is 0.729. The van der Waals surface area contributed by atoms with Gasteiger partial charge in [0.1, 0.15) is 0 Å². The van der Waals surface area contributed by atoms with E-state index in [1.54, 1.807) is 0 Å². The smallest absolute Gasteiger partial charge is 0.0465 e. The van der Waals surface area contributed by atoms with Crippen LogP contribution in [0, 0.1) is 0 Å². The van der Waals surface area contributed by atoms with Crippen molar-refractivity contribution >= 4 is 0 Å². The molecule has 0 aromatic carbocycles. The first-order chi connectivity index (χ1) is 6.85. The summed E-state index contributed by atoms with van der Waals surface area (Å²) in [6, 6.07) is 0.729. The molecule has 0 bridgehead atoms. The maximum atomic E-state index is 5.30. The van der Waals surface area contributed by atoms with E-state index in [2.05, 4.69) is 26.1 Å². The third kappa shape index (κ3) is 8.52. The Labute approximate surface area is 89.4 Å². The van der Waals surface area contributed by atoms with E-state index in [1.165, 1.54) is 32.1 Å². The van der Waals surface area contributed by atoms with E-state index in [9.17, 15) is 0 Å². The van der Waals surface area contributed by atoms with E-state index >= 15 is 0 Å². The Morgan fingerprint density at radius 3 is 2.43 bits per heavy atom. The van der Waals surface area contributed by atoms with Gasteiger partial charge in [-0.1, -0.05) is 26.7 Å². The molecule has 0 aliphatic carbocycles. The van der Waals surface area contributed by atoms with Gasteiger partial charge in [0.05, 0.1) is 0 Å². The predicted molar refractivity (Wildman–Crippen MR) is 62.7 cm³/mol. The lowest BCUT2D eigenvalue weighted by Gasteiger charge is -2.15. The molecular weight excluding hydrogens is 174 g/mol. The van der Waals surface area contributed by atoms with Crippen molar-refractivity contribution in [1.29, 1.82) is 0 Å². The van der Waals surface area contributed by atoms with Gasteiger partial charge in [0.25, 0.3) is 0 Å². The quantitative estimate of drug-likeness (QED) is 0.549. The highest BCUT2D eigenvalue weighted by molar-refractivity contribution is 4.63. The lowest BCUT2D eigenvalue weighted by molar-refractivity contribution is 0.142. The first-order valence-corrected chi connectivity index (χ1v) is 6.16. The van der Waals surface area contributed by atoms with Crippen LogP contribution in [0.3, 0.4) is 0 Å². The Balaban J connectivity index is 3.15. The van der Waals surface area contributed by atoms with Crippen molar-refractivity contribution in [3.05, 3.63) is 0 Å². The molecule has 1 unspecified atom stereocenters. The van der Waals surface area contributed by atoms with E-state index in [0.717, 1.165) is 25.8 Å². The highest BCUT2D eigenvalue weighted by atomic mass is 16.5. The number of rotatable bonds is 10. The van der Waals surface area contributed by atoms with Crippen LogP contribution in [0.5, 0.6) is 0 Å². The van der Waals surface area contributed by atoms with Crippen molar-refractivity contribution in [1.82, 2.24) is 5.32 Å². The van der Waals surface area contributed by atoms with Crippen LogP contribution in [-0.2, 0) is 4.74 Å². The number of nitrogens with one attached hydrogen (secondary N) is 1. The molecule has 0 rings (SSSR count). The van der Waals surface area contributed by atoms with Gasteiger partial charge in [0.2, 0.25) is 0 Å². The van der Waals surface area contributed by atoms with Crippen LogP contribution in [0.2, 0.25) is 0 Å². The van der Waals surface area contributed by atoms with E-state index in [-0.39, 0.29) is 0 Å². The molecule has 0 fully saturated rings. The van der Waals surface area contributed by atoms with Gasteiger partial charge in [-0.3, -0.25) is 0 Å². The van der Waals surface area contributed by atoms with Gasteiger partial charge in [-0.25, -0.2) is 0 Å². The van der Waals surface area contributed by atoms with Gasteiger partial charge in [0, 0.05) is 19.3 Å². The number of ether oxygens (including phenoxy) is 1. The summed E-state index contributed by atoms with van der Waals surface area (Å²) >= 11 is 0. The molecule has 0 saturated carbocycles. The normalized spacial score (nSPS) is 13.1. The standard InChI is InChI=1S/C12H27NO/c1-4-12(13-5-2)10-8-7-9-11-14-6-3/h12-13H,4-11H2,1-3H3. The van der Waals surface area contributed by atoms with E-state index in [4.69, 9.17) is 4.74 Å². The van der Waals surface area contributed by atoms with E-state index < -0.39 is 0 Å². The van der Waals surface area contributed by atoms with Gasteiger partial charge >= 0.3 is 0 Å². The maximum Gasteiger partial charge on any atom is 0.0465 e. The second-order valence-corrected chi connectivity index (χ2v) is 3.71. The molecule has 0 saturated heterocycles. The fourth-order valence-corrected chi connectivity index (χ4v) is 1.66. The third-order valence-corrected chi connectivity index (χ3v) is 2.53. The lowest BCUT2D eigenvalue weighted by Crippen LogP contribution is -2.27. The fourth-order valence-electron chi connectivity index (χ4n) is 1.66. The molecule has 0 spiro atoms. The van der Waals surface area contributed by atoms with E-state index in [1.807, 2.05) is 0 Å². The summed E-state index contributed by atoms with van der Waals surface area (Å²) in [6.07, 6.45) is 6.42. The number of hydrogen-bond donors (Lipinski definition) is 1. The third-order valence-electron chi connectivity index (χ3n) is 2.53. The van der Waals surface area contributed by atoms with Crippen LogP contribution in [0.25, 0.3) is 0 Å². The van der Waals surface area contributed by atoms with Gasteiger partial charge in [-0.05, 0) is 32.7 Å². The molecule has 1 N–H and O–H groups in total. The summed E-state index contributed by atoms with van der Waals surface area (Å²) in [5.74, 6) is 0. The second kappa shape index (κ2) is 11.0. The van der Waals surface area contributed by atoms with Crippen LogP contribution in [0.15, 0.2) is 0 Å². The largest absolute Gasteiger partial charge is 0.382 e. The summed E-state index contributed by atoms with van der Waals surface area (Å²) in [5.41, 5.74) is 0. The summed E-state index contributed by atoms with van der Waals surface area (Å²) in [4.78, 5) is 0. The van der Waals surface area contributed by atoms with Crippen LogP contribution >= 0.6 is 0 Å². The molecule has 2 heteroatoms. The minimum Gasteiger partial charge on any atom is -0.382 e. The zero-order chi connectivity index (χ0) is 10.6. The molecule has 2 nitrogen and oxygen atoms in total.